The van der Waals surface area contributed by atoms with Gasteiger partial charge in [-0.1, -0.05) is 42.0 Å². The summed E-state index contributed by atoms with van der Waals surface area (Å²) in [6, 6.07) is 22.1. The third-order valence-corrected chi connectivity index (χ3v) is 4.76. The molecule has 0 atom stereocenters. The minimum Gasteiger partial charge on any atom is -0.489 e. The third kappa shape index (κ3) is 4.52. The molecule has 0 bridgehead atoms. The van der Waals surface area contributed by atoms with Crippen LogP contribution in [0.3, 0.4) is 0 Å². The molecule has 0 saturated carbocycles. The maximum Gasteiger partial charge on any atom is 0.216 e. The molecule has 30 heavy (non-hydrogen) atoms. The minimum absolute atomic E-state index is 0.280. The van der Waals surface area contributed by atoms with Crippen LogP contribution in [0.4, 0.5) is 4.39 Å². The van der Waals surface area contributed by atoms with E-state index in [4.69, 9.17) is 17.0 Å². The Morgan fingerprint density at radius 2 is 1.80 bits per heavy atom. The first-order valence-corrected chi connectivity index (χ1v) is 9.76. The lowest BCUT2D eigenvalue weighted by Gasteiger charge is -2.07. The molecular formula is C23H19FN4OS. The molecule has 1 heterocycles. The number of aromatic amines is 1. The lowest BCUT2D eigenvalue weighted by Crippen LogP contribution is -1.97. The number of aryl methyl sites for hydroxylation is 1. The van der Waals surface area contributed by atoms with Gasteiger partial charge in [0.1, 0.15) is 18.2 Å². The van der Waals surface area contributed by atoms with Crippen molar-refractivity contribution < 1.29 is 9.13 Å². The van der Waals surface area contributed by atoms with Gasteiger partial charge in [0, 0.05) is 0 Å². The fourth-order valence-corrected chi connectivity index (χ4v) is 3.02. The van der Waals surface area contributed by atoms with Crippen molar-refractivity contribution in [3.8, 4) is 17.1 Å². The maximum atomic E-state index is 14.1. The summed E-state index contributed by atoms with van der Waals surface area (Å²) in [4.78, 5) is 0. The van der Waals surface area contributed by atoms with Crippen molar-refractivity contribution in [1.82, 2.24) is 14.9 Å². The number of aromatic nitrogens is 3. The zero-order valence-electron chi connectivity index (χ0n) is 16.2. The van der Waals surface area contributed by atoms with E-state index >= 15 is 0 Å². The summed E-state index contributed by atoms with van der Waals surface area (Å²) < 4.78 is 21.6. The highest BCUT2D eigenvalue weighted by atomic mass is 32.1. The Kier molecular flexibility index (Phi) is 5.81. The molecule has 1 N–H and O–H groups in total. The van der Waals surface area contributed by atoms with Crippen LogP contribution in [0.15, 0.2) is 77.9 Å². The second-order valence-corrected chi connectivity index (χ2v) is 7.12. The standard InChI is InChI=1S/C23H19FN4OS/c1-16-6-8-18(9-7-16)15-29-19-12-10-17(11-13-19)14-25-28-22(26-27-23(28)30)20-4-2-3-5-21(20)24/h2-14H,15H2,1H3,(H,27,30)/b25-14-. The molecule has 5 nitrogen and oxygen atoms in total. The minimum atomic E-state index is -0.391. The van der Waals surface area contributed by atoms with Gasteiger partial charge < -0.3 is 4.74 Å². The van der Waals surface area contributed by atoms with Gasteiger partial charge in [0.05, 0.1) is 11.8 Å². The van der Waals surface area contributed by atoms with Gasteiger partial charge in [-0.3, -0.25) is 0 Å². The van der Waals surface area contributed by atoms with E-state index in [0.29, 0.717) is 18.0 Å². The number of hydrogen-bond donors (Lipinski definition) is 1. The molecule has 150 valence electrons. The van der Waals surface area contributed by atoms with E-state index in [1.54, 1.807) is 24.4 Å². The number of nitrogens with one attached hydrogen (secondary N) is 1. The molecule has 0 spiro atoms. The van der Waals surface area contributed by atoms with E-state index < -0.39 is 5.82 Å². The van der Waals surface area contributed by atoms with Crippen molar-refractivity contribution in [2.45, 2.75) is 13.5 Å². The number of hydrogen-bond acceptors (Lipinski definition) is 4. The summed E-state index contributed by atoms with van der Waals surface area (Å²) in [6.45, 7) is 2.56. The zero-order valence-corrected chi connectivity index (χ0v) is 17.1. The van der Waals surface area contributed by atoms with E-state index in [1.807, 2.05) is 24.3 Å². The Morgan fingerprint density at radius 1 is 1.07 bits per heavy atom. The van der Waals surface area contributed by atoms with Crippen LogP contribution in [0.5, 0.6) is 5.75 Å². The van der Waals surface area contributed by atoms with E-state index in [-0.39, 0.29) is 4.77 Å². The largest absolute Gasteiger partial charge is 0.489 e. The topological polar surface area (TPSA) is 55.2 Å². The number of nitrogens with zero attached hydrogens (tertiary/aromatic N) is 3. The van der Waals surface area contributed by atoms with Crippen molar-refractivity contribution in [3.05, 3.63) is 100 Å². The molecular weight excluding hydrogens is 399 g/mol. The molecule has 0 unspecified atom stereocenters. The van der Waals surface area contributed by atoms with Crippen molar-refractivity contribution in [1.29, 1.82) is 0 Å². The highest BCUT2D eigenvalue weighted by Gasteiger charge is 2.12. The van der Waals surface area contributed by atoms with Gasteiger partial charge in [-0.15, -0.1) is 0 Å². The first-order chi connectivity index (χ1) is 14.6. The molecule has 7 heteroatoms. The first-order valence-electron chi connectivity index (χ1n) is 9.35. The molecule has 4 aromatic rings. The summed E-state index contributed by atoms with van der Waals surface area (Å²) in [7, 11) is 0. The second kappa shape index (κ2) is 8.84. The summed E-state index contributed by atoms with van der Waals surface area (Å²) >= 11 is 5.23. The van der Waals surface area contributed by atoms with Crippen LogP contribution in [-0.4, -0.2) is 21.1 Å². The fraction of sp³-hybridized carbons (Fsp3) is 0.0870. The number of benzene rings is 3. The molecule has 0 aliphatic rings. The molecule has 0 radical (unpaired) electrons. The fourth-order valence-electron chi connectivity index (χ4n) is 2.84. The first kappa shape index (κ1) is 19.7. The van der Waals surface area contributed by atoms with Crippen molar-refractivity contribution in [2.24, 2.45) is 5.10 Å². The van der Waals surface area contributed by atoms with Gasteiger partial charge in [0.2, 0.25) is 4.77 Å². The second-order valence-electron chi connectivity index (χ2n) is 6.73. The van der Waals surface area contributed by atoms with Crippen LogP contribution >= 0.6 is 12.2 Å². The lowest BCUT2D eigenvalue weighted by atomic mass is 10.2. The van der Waals surface area contributed by atoms with Crippen molar-refractivity contribution >= 4 is 18.4 Å². The molecule has 1 aromatic heterocycles. The van der Waals surface area contributed by atoms with Crippen LogP contribution in [0, 0.1) is 17.5 Å². The van der Waals surface area contributed by atoms with Gasteiger partial charge >= 0.3 is 0 Å². The molecule has 3 aromatic carbocycles. The van der Waals surface area contributed by atoms with E-state index in [0.717, 1.165) is 16.9 Å². The average molecular weight is 418 g/mol. The highest BCUT2D eigenvalue weighted by Crippen LogP contribution is 2.20. The van der Waals surface area contributed by atoms with E-state index in [2.05, 4.69) is 46.5 Å². The maximum absolute atomic E-state index is 14.1. The summed E-state index contributed by atoms with van der Waals surface area (Å²) in [5.41, 5.74) is 3.50. The lowest BCUT2D eigenvalue weighted by molar-refractivity contribution is 0.306. The number of halogens is 1. The Morgan fingerprint density at radius 3 is 2.53 bits per heavy atom. The van der Waals surface area contributed by atoms with E-state index in [9.17, 15) is 4.39 Å². The Bertz CT molecular complexity index is 1230. The number of ether oxygens (including phenoxy) is 1. The molecule has 0 fully saturated rings. The highest BCUT2D eigenvalue weighted by molar-refractivity contribution is 7.71. The average Bonchev–Trinajstić information content (AvgIpc) is 3.13. The van der Waals surface area contributed by atoms with Gasteiger partial charge in [-0.2, -0.15) is 14.9 Å². The van der Waals surface area contributed by atoms with Crippen LogP contribution in [0.25, 0.3) is 11.4 Å². The predicted octanol–water partition coefficient (Wildman–Crippen LogP) is 5.52. The summed E-state index contributed by atoms with van der Waals surface area (Å²) in [5.74, 6) is 0.685. The Labute approximate surface area is 178 Å². The van der Waals surface area contributed by atoms with Crippen molar-refractivity contribution in [3.63, 3.8) is 0 Å². The van der Waals surface area contributed by atoms with Crippen LogP contribution in [0.2, 0.25) is 0 Å². The molecule has 0 amide bonds. The molecule has 4 rings (SSSR count). The predicted molar refractivity (Wildman–Crippen MR) is 118 cm³/mol. The van der Waals surface area contributed by atoms with Crippen LogP contribution in [-0.2, 0) is 6.61 Å². The molecule has 0 saturated heterocycles. The van der Waals surface area contributed by atoms with Crippen LogP contribution in [0.1, 0.15) is 16.7 Å². The Balaban J connectivity index is 1.48. The quantitative estimate of drug-likeness (QED) is 0.331. The van der Waals surface area contributed by atoms with Crippen LogP contribution < -0.4 is 4.74 Å². The van der Waals surface area contributed by atoms with Gasteiger partial charge in [-0.25, -0.2) is 9.49 Å². The summed E-state index contributed by atoms with van der Waals surface area (Å²) in [6.07, 6.45) is 1.64. The monoisotopic (exact) mass is 418 g/mol. The van der Waals surface area contributed by atoms with Gasteiger partial charge in [0.15, 0.2) is 5.82 Å². The number of H-pyrrole nitrogens is 1. The van der Waals surface area contributed by atoms with Crippen molar-refractivity contribution in [2.75, 3.05) is 0 Å². The summed E-state index contributed by atoms with van der Waals surface area (Å²) in [5, 5.41) is 11.1. The van der Waals surface area contributed by atoms with Gasteiger partial charge in [-0.05, 0) is 66.7 Å². The normalized spacial score (nSPS) is 11.1. The SMILES string of the molecule is Cc1ccc(COc2ccc(/C=N\n3c(-c4ccccc4F)n[nH]c3=S)cc2)cc1. The smallest absolute Gasteiger partial charge is 0.216 e. The zero-order chi connectivity index (χ0) is 20.9. The molecule has 0 aliphatic carbocycles. The van der Waals surface area contributed by atoms with E-state index in [1.165, 1.54) is 16.3 Å². The van der Waals surface area contributed by atoms with Gasteiger partial charge in [0.25, 0.3) is 0 Å². The Hall–Kier alpha value is -3.58. The molecule has 0 aliphatic heterocycles. The number of rotatable bonds is 6. The third-order valence-electron chi connectivity index (χ3n) is 4.49.